The molecule has 1 fully saturated rings. The smallest absolute Gasteiger partial charge is 0.226 e. The topological polar surface area (TPSA) is 34.5 Å². The number of ether oxygens (including phenoxy) is 1. The second-order valence-electron chi connectivity index (χ2n) is 6.82. The lowest BCUT2D eigenvalue weighted by Gasteiger charge is -2.38. The van der Waals surface area contributed by atoms with Gasteiger partial charge in [0.05, 0.1) is 13.2 Å². The lowest BCUT2D eigenvalue weighted by molar-refractivity contribution is -0.138. The van der Waals surface area contributed by atoms with Crippen LogP contribution >= 0.6 is 0 Å². The SMILES string of the molecule is COc1cccc(C2c3cccn3CCN2C(=O)C2CCCC2)c1. The molecule has 4 rings (SSSR count). The van der Waals surface area contributed by atoms with E-state index in [1.165, 1.54) is 18.5 Å². The summed E-state index contributed by atoms with van der Waals surface area (Å²) >= 11 is 0. The van der Waals surface area contributed by atoms with Crippen molar-refractivity contribution in [1.82, 2.24) is 9.47 Å². The molecule has 24 heavy (non-hydrogen) atoms. The van der Waals surface area contributed by atoms with Gasteiger partial charge in [-0.2, -0.15) is 0 Å². The van der Waals surface area contributed by atoms with Crippen LogP contribution in [0.15, 0.2) is 42.6 Å². The van der Waals surface area contributed by atoms with Crippen LogP contribution in [0.25, 0.3) is 0 Å². The fraction of sp³-hybridized carbons (Fsp3) is 0.450. The number of methoxy groups -OCH3 is 1. The molecule has 0 saturated heterocycles. The number of nitrogens with zero attached hydrogens (tertiary/aromatic N) is 2. The summed E-state index contributed by atoms with van der Waals surface area (Å²) in [6.45, 7) is 1.65. The van der Waals surface area contributed by atoms with E-state index < -0.39 is 0 Å². The molecule has 4 heteroatoms. The van der Waals surface area contributed by atoms with E-state index in [-0.39, 0.29) is 12.0 Å². The van der Waals surface area contributed by atoms with Crippen molar-refractivity contribution in [3.63, 3.8) is 0 Å². The first-order valence-corrected chi connectivity index (χ1v) is 8.87. The highest BCUT2D eigenvalue weighted by molar-refractivity contribution is 5.80. The van der Waals surface area contributed by atoms with E-state index in [1.807, 2.05) is 12.1 Å². The molecule has 0 radical (unpaired) electrons. The van der Waals surface area contributed by atoms with E-state index >= 15 is 0 Å². The third kappa shape index (κ3) is 2.60. The Bertz CT molecular complexity index is 731. The fourth-order valence-corrected chi connectivity index (χ4v) is 4.19. The molecule has 126 valence electrons. The van der Waals surface area contributed by atoms with Gasteiger partial charge in [-0.05, 0) is 42.7 Å². The molecule has 1 aliphatic carbocycles. The molecule has 0 N–H and O–H groups in total. The monoisotopic (exact) mass is 324 g/mol. The van der Waals surface area contributed by atoms with Crippen molar-refractivity contribution in [2.45, 2.75) is 38.3 Å². The number of rotatable bonds is 3. The molecule has 1 unspecified atom stereocenters. The Kier molecular flexibility index (Phi) is 4.05. The van der Waals surface area contributed by atoms with Gasteiger partial charge in [-0.15, -0.1) is 0 Å². The largest absolute Gasteiger partial charge is 0.497 e. The normalized spacial score (nSPS) is 20.9. The maximum Gasteiger partial charge on any atom is 0.226 e. The molecule has 1 aromatic heterocycles. The van der Waals surface area contributed by atoms with Crippen LogP contribution in [0.3, 0.4) is 0 Å². The van der Waals surface area contributed by atoms with Gasteiger partial charge in [0.2, 0.25) is 5.91 Å². The summed E-state index contributed by atoms with van der Waals surface area (Å²) in [5.74, 6) is 1.37. The third-order valence-corrected chi connectivity index (χ3v) is 5.44. The number of fused-ring (bicyclic) bond motifs is 1. The Hall–Kier alpha value is -2.23. The van der Waals surface area contributed by atoms with Crippen molar-refractivity contribution >= 4 is 5.91 Å². The number of amides is 1. The molecule has 2 aliphatic rings. The van der Waals surface area contributed by atoms with Crippen molar-refractivity contribution in [2.75, 3.05) is 13.7 Å². The second kappa shape index (κ2) is 6.34. The molecule has 2 aromatic rings. The van der Waals surface area contributed by atoms with E-state index in [9.17, 15) is 4.79 Å². The Labute approximate surface area is 143 Å². The molecular weight excluding hydrogens is 300 g/mol. The lowest BCUT2D eigenvalue weighted by Crippen LogP contribution is -2.44. The van der Waals surface area contributed by atoms with Crippen LogP contribution < -0.4 is 4.74 Å². The first kappa shape index (κ1) is 15.3. The molecule has 1 saturated carbocycles. The van der Waals surface area contributed by atoms with Gasteiger partial charge in [-0.1, -0.05) is 25.0 Å². The predicted molar refractivity (Wildman–Crippen MR) is 92.9 cm³/mol. The van der Waals surface area contributed by atoms with Crippen molar-refractivity contribution in [1.29, 1.82) is 0 Å². The molecule has 1 amide bonds. The van der Waals surface area contributed by atoms with Crippen molar-refractivity contribution in [3.05, 3.63) is 53.9 Å². The fourth-order valence-electron chi connectivity index (χ4n) is 4.19. The van der Waals surface area contributed by atoms with Gasteiger partial charge < -0.3 is 14.2 Å². The zero-order valence-corrected chi connectivity index (χ0v) is 14.1. The number of hydrogen-bond donors (Lipinski definition) is 0. The standard InChI is InChI=1S/C20H24N2O2/c1-24-17-9-4-8-16(14-17)19-18-10-5-11-21(18)12-13-22(19)20(23)15-6-2-3-7-15/h4-5,8-11,14-15,19H,2-3,6-7,12-13H2,1H3. The van der Waals surface area contributed by atoms with Crippen LogP contribution in [-0.4, -0.2) is 29.0 Å². The van der Waals surface area contributed by atoms with Crippen LogP contribution in [0.1, 0.15) is 43.0 Å². The average molecular weight is 324 g/mol. The Balaban J connectivity index is 1.73. The second-order valence-corrected chi connectivity index (χ2v) is 6.82. The molecule has 0 bridgehead atoms. The number of carbonyl (C=O) groups is 1. The summed E-state index contributed by atoms with van der Waals surface area (Å²) in [6, 6.07) is 12.3. The summed E-state index contributed by atoms with van der Waals surface area (Å²) in [5, 5.41) is 0. The van der Waals surface area contributed by atoms with Crippen LogP contribution in [-0.2, 0) is 11.3 Å². The van der Waals surface area contributed by atoms with Gasteiger partial charge in [0.1, 0.15) is 5.75 Å². The zero-order valence-electron chi connectivity index (χ0n) is 14.1. The highest BCUT2D eigenvalue weighted by Gasteiger charge is 2.36. The minimum atomic E-state index is -0.0167. The van der Waals surface area contributed by atoms with Gasteiger partial charge in [-0.25, -0.2) is 0 Å². The quantitative estimate of drug-likeness (QED) is 0.864. The first-order valence-electron chi connectivity index (χ1n) is 8.87. The van der Waals surface area contributed by atoms with Crippen molar-refractivity contribution < 1.29 is 9.53 Å². The first-order chi connectivity index (χ1) is 11.8. The highest BCUT2D eigenvalue weighted by atomic mass is 16.5. The van der Waals surface area contributed by atoms with Crippen molar-refractivity contribution in [2.24, 2.45) is 5.92 Å². The summed E-state index contributed by atoms with van der Waals surface area (Å²) in [5.41, 5.74) is 2.32. The summed E-state index contributed by atoms with van der Waals surface area (Å²) in [6.07, 6.45) is 6.57. The van der Waals surface area contributed by atoms with Gasteiger partial charge >= 0.3 is 0 Å². The molecule has 2 heterocycles. The van der Waals surface area contributed by atoms with Gasteiger partial charge in [0.25, 0.3) is 0 Å². The van der Waals surface area contributed by atoms with Crippen molar-refractivity contribution in [3.8, 4) is 5.75 Å². The number of hydrogen-bond acceptors (Lipinski definition) is 2. The van der Waals surface area contributed by atoms with Crippen LogP contribution in [0.2, 0.25) is 0 Å². The Morgan fingerprint density at radius 3 is 2.75 bits per heavy atom. The maximum atomic E-state index is 13.2. The number of benzene rings is 1. The van der Waals surface area contributed by atoms with Gasteiger partial charge in [0, 0.05) is 30.9 Å². The molecule has 0 spiro atoms. The number of aromatic nitrogens is 1. The van der Waals surface area contributed by atoms with E-state index in [0.29, 0.717) is 5.91 Å². The van der Waals surface area contributed by atoms with E-state index in [1.54, 1.807) is 7.11 Å². The molecule has 1 aliphatic heterocycles. The van der Waals surface area contributed by atoms with E-state index in [2.05, 4.69) is 39.9 Å². The maximum absolute atomic E-state index is 13.2. The van der Waals surface area contributed by atoms with Gasteiger partial charge in [-0.3, -0.25) is 4.79 Å². The molecule has 1 aromatic carbocycles. The summed E-state index contributed by atoms with van der Waals surface area (Å²) in [7, 11) is 1.68. The van der Waals surface area contributed by atoms with Gasteiger partial charge in [0.15, 0.2) is 0 Å². The predicted octanol–water partition coefficient (Wildman–Crippen LogP) is 3.62. The lowest BCUT2D eigenvalue weighted by atomic mass is 9.97. The molecule has 1 atom stereocenters. The highest BCUT2D eigenvalue weighted by Crippen LogP contribution is 2.37. The summed E-state index contributed by atoms with van der Waals surface area (Å²) < 4.78 is 7.67. The van der Waals surface area contributed by atoms with E-state index in [4.69, 9.17) is 4.74 Å². The Morgan fingerprint density at radius 1 is 1.12 bits per heavy atom. The average Bonchev–Trinajstić information content (AvgIpc) is 3.31. The zero-order chi connectivity index (χ0) is 16.5. The third-order valence-electron chi connectivity index (χ3n) is 5.44. The minimum Gasteiger partial charge on any atom is -0.497 e. The van der Waals surface area contributed by atoms with Crippen LogP contribution in [0, 0.1) is 5.92 Å². The van der Waals surface area contributed by atoms with Crippen LogP contribution in [0.5, 0.6) is 5.75 Å². The molecule has 4 nitrogen and oxygen atoms in total. The number of carbonyl (C=O) groups excluding carboxylic acids is 1. The van der Waals surface area contributed by atoms with Crippen LogP contribution in [0.4, 0.5) is 0 Å². The molecular formula is C20H24N2O2. The Morgan fingerprint density at radius 2 is 1.96 bits per heavy atom. The summed E-state index contributed by atoms with van der Waals surface area (Å²) in [4.78, 5) is 15.3. The van der Waals surface area contributed by atoms with E-state index in [0.717, 1.165) is 37.2 Å². The minimum absolute atomic E-state index is 0.0167.